The van der Waals surface area contributed by atoms with Crippen LogP contribution in [0.15, 0.2) is 48.5 Å². The van der Waals surface area contributed by atoms with E-state index in [1.54, 1.807) is 0 Å². The van der Waals surface area contributed by atoms with Crippen molar-refractivity contribution >= 4 is 11.6 Å². The van der Waals surface area contributed by atoms with E-state index in [9.17, 15) is 4.79 Å². The first-order valence-electron chi connectivity index (χ1n) is 6.69. The van der Waals surface area contributed by atoms with Gasteiger partial charge in [-0.2, -0.15) is 0 Å². The minimum absolute atomic E-state index is 0.106. The Balaban J connectivity index is 2.11. The molecular formula is C17H19NO2. The van der Waals surface area contributed by atoms with Crippen LogP contribution in [0.2, 0.25) is 0 Å². The number of carbonyl (C=O) groups excluding carboxylic acids is 1. The zero-order valence-corrected chi connectivity index (χ0v) is 11.8. The predicted molar refractivity (Wildman–Crippen MR) is 81.1 cm³/mol. The van der Waals surface area contributed by atoms with E-state index in [0.717, 1.165) is 16.8 Å². The summed E-state index contributed by atoms with van der Waals surface area (Å²) < 4.78 is 0. The van der Waals surface area contributed by atoms with Gasteiger partial charge in [0.1, 0.15) is 0 Å². The summed E-state index contributed by atoms with van der Waals surface area (Å²) in [6, 6.07) is 15.1. The normalized spacial score (nSPS) is 11.9. The molecule has 0 heterocycles. The maximum Gasteiger partial charge on any atom is 0.255 e. The summed E-state index contributed by atoms with van der Waals surface area (Å²) in [5.41, 5.74) is 3.45. The molecule has 0 radical (unpaired) electrons. The molecule has 0 aliphatic rings. The zero-order valence-electron chi connectivity index (χ0n) is 11.8. The molecule has 0 bridgehead atoms. The topological polar surface area (TPSA) is 49.3 Å². The lowest BCUT2D eigenvalue weighted by Gasteiger charge is -2.11. The van der Waals surface area contributed by atoms with Crippen molar-refractivity contribution < 1.29 is 9.90 Å². The van der Waals surface area contributed by atoms with Gasteiger partial charge < -0.3 is 10.4 Å². The van der Waals surface area contributed by atoms with Gasteiger partial charge in [0.2, 0.25) is 0 Å². The second kappa shape index (κ2) is 6.35. The molecule has 0 spiro atoms. The summed E-state index contributed by atoms with van der Waals surface area (Å²) in [5.74, 6) is 0.00201. The number of carbonyl (C=O) groups is 1. The zero-order chi connectivity index (χ0) is 14.5. The lowest BCUT2D eigenvalue weighted by Crippen LogP contribution is -2.13. The van der Waals surface area contributed by atoms with E-state index < -0.39 is 0 Å². The number of benzene rings is 2. The Hall–Kier alpha value is -2.13. The average Bonchev–Trinajstić information content (AvgIpc) is 2.47. The van der Waals surface area contributed by atoms with E-state index in [1.165, 1.54) is 0 Å². The van der Waals surface area contributed by atoms with Crippen LogP contribution >= 0.6 is 0 Å². The maximum absolute atomic E-state index is 12.2. The number of aryl methyl sites for hydroxylation is 1. The van der Waals surface area contributed by atoms with Gasteiger partial charge in [0.25, 0.3) is 5.91 Å². The van der Waals surface area contributed by atoms with E-state index in [-0.39, 0.29) is 18.4 Å². The van der Waals surface area contributed by atoms with Crippen molar-refractivity contribution in [1.82, 2.24) is 0 Å². The SMILES string of the molecule is Cc1ccccc1C(=O)Nc1ccc(C(C)CO)cc1. The molecule has 3 heteroatoms. The predicted octanol–water partition coefficient (Wildman–Crippen LogP) is 3.34. The third kappa shape index (κ3) is 3.25. The van der Waals surface area contributed by atoms with Crippen molar-refractivity contribution in [2.24, 2.45) is 0 Å². The van der Waals surface area contributed by atoms with Crippen molar-refractivity contribution in [2.75, 3.05) is 11.9 Å². The summed E-state index contributed by atoms with van der Waals surface area (Å²) in [5, 5.41) is 12.0. The van der Waals surface area contributed by atoms with Gasteiger partial charge in [-0.3, -0.25) is 4.79 Å². The van der Waals surface area contributed by atoms with Crippen molar-refractivity contribution in [3.63, 3.8) is 0 Å². The lowest BCUT2D eigenvalue weighted by atomic mass is 10.0. The Morgan fingerprint density at radius 3 is 2.40 bits per heavy atom. The molecule has 2 N–H and O–H groups in total. The number of hydrogen-bond donors (Lipinski definition) is 2. The maximum atomic E-state index is 12.2. The molecule has 0 saturated carbocycles. The molecule has 0 aliphatic carbocycles. The average molecular weight is 269 g/mol. The Labute approximate surface area is 119 Å². The van der Waals surface area contributed by atoms with E-state index in [0.29, 0.717) is 5.56 Å². The Kier molecular flexibility index (Phi) is 4.53. The van der Waals surface area contributed by atoms with Crippen LogP contribution in [-0.4, -0.2) is 17.6 Å². The van der Waals surface area contributed by atoms with E-state index >= 15 is 0 Å². The van der Waals surface area contributed by atoms with E-state index in [1.807, 2.05) is 62.4 Å². The van der Waals surface area contributed by atoms with Crippen LogP contribution in [0.3, 0.4) is 0 Å². The molecule has 1 atom stereocenters. The van der Waals surface area contributed by atoms with E-state index in [4.69, 9.17) is 5.11 Å². The molecule has 3 nitrogen and oxygen atoms in total. The van der Waals surface area contributed by atoms with Crippen LogP contribution in [-0.2, 0) is 0 Å². The van der Waals surface area contributed by atoms with Crippen LogP contribution in [0, 0.1) is 6.92 Å². The molecule has 1 unspecified atom stereocenters. The van der Waals surface area contributed by atoms with Gasteiger partial charge in [0.15, 0.2) is 0 Å². The third-order valence-electron chi connectivity index (χ3n) is 3.40. The molecule has 104 valence electrons. The van der Waals surface area contributed by atoms with Crippen LogP contribution < -0.4 is 5.32 Å². The van der Waals surface area contributed by atoms with Crippen molar-refractivity contribution in [3.05, 3.63) is 65.2 Å². The first-order valence-corrected chi connectivity index (χ1v) is 6.69. The number of rotatable bonds is 4. The number of aliphatic hydroxyl groups is 1. The van der Waals surface area contributed by atoms with Crippen molar-refractivity contribution in [2.45, 2.75) is 19.8 Å². The van der Waals surface area contributed by atoms with E-state index in [2.05, 4.69) is 5.32 Å². The van der Waals surface area contributed by atoms with Crippen LogP contribution in [0.5, 0.6) is 0 Å². The van der Waals surface area contributed by atoms with Gasteiger partial charge in [-0.15, -0.1) is 0 Å². The second-order valence-corrected chi connectivity index (χ2v) is 4.97. The molecule has 1 amide bonds. The van der Waals surface area contributed by atoms with Gasteiger partial charge in [0.05, 0.1) is 0 Å². The standard InChI is InChI=1S/C17H19NO2/c1-12-5-3-4-6-16(12)17(20)18-15-9-7-14(8-10-15)13(2)11-19/h3-10,13,19H,11H2,1-2H3,(H,18,20). The molecule has 20 heavy (non-hydrogen) atoms. The first kappa shape index (κ1) is 14.3. The molecular weight excluding hydrogens is 250 g/mol. The number of amides is 1. The number of anilines is 1. The molecule has 0 aromatic heterocycles. The fraction of sp³-hybridized carbons (Fsp3) is 0.235. The van der Waals surface area contributed by atoms with Gasteiger partial charge in [-0.25, -0.2) is 0 Å². The fourth-order valence-electron chi connectivity index (χ4n) is 2.03. The number of hydrogen-bond acceptors (Lipinski definition) is 2. The summed E-state index contributed by atoms with van der Waals surface area (Å²) in [7, 11) is 0. The number of aliphatic hydroxyl groups excluding tert-OH is 1. The molecule has 2 aromatic carbocycles. The van der Waals surface area contributed by atoms with Gasteiger partial charge in [-0.05, 0) is 36.2 Å². The molecule has 0 fully saturated rings. The monoisotopic (exact) mass is 269 g/mol. The highest BCUT2D eigenvalue weighted by atomic mass is 16.3. The second-order valence-electron chi connectivity index (χ2n) is 4.97. The van der Waals surface area contributed by atoms with Gasteiger partial charge in [0, 0.05) is 23.8 Å². The highest BCUT2D eigenvalue weighted by Gasteiger charge is 2.09. The summed E-state index contributed by atoms with van der Waals surface area (Å²) >= 11 is 0. The van der Waals surface area contributed by atoms with Crippen LogP contribution in [0.1, 0.15) is 34.3 Å². The quantitative estimate of drug-likeness (QED) is 0.894. The van der Waals surface area contributed by atoms with Crippen LogP contribution in [0.4, 0.5) is 5.69 Å². The van der Waals surface area contributed by atoms with Gasteiger partial charge in [-0.1, -0.05) is 37.3 Å². The number of nitrogens with one attached hydrogen (secondary N) is 1. The minimum Gasteiger partial charge on any atom is -0.396 e. The highest BCUT2D eigenvalue weighted by molar-refractivity contribution is 6.05. The molecule has 0 aliphatic heterocycles. The molecule has 0 saturated heterocycles. The Morgan fingerprint density at radius 2 is 1.80 bits per heavy atom. The lowest BCUT2D eigenvalue weighted by molar-refractivity contribution is 0.102. The summed E-state index contributed by atoms with van der Waals surface area (Å²) in [6.45, 7) is 4.00. The van der Waals surface area contributed by atoms with Gasteiger partial charge >= 0.3 is 0 Å². The summed E-state index contributed by atoms with van der Waals surface area (Å²) in [6.07, 6.45) is 0. The fourth-order valence-corrected chi connectivity index (χ4v) is 2.03. The Bertz CT molecular complexity index is 590. The highest BCUT2D eigenvalue weighted by Crippen LogP contribution is 2.18. The smallest absolute Gasteiger partial charge is 0.255 e. The van der Waals surface area contributed by atoms with Crippen LogP contribution in [0.25, 0.3) is 0 Å². The minimum atomic E-state index is -0.106. The third-order valence-corrected chi connectivity index (χ3v) is 3.40. The molecule has 2 rings (SSSR count). The summed E-state index contributed by atoms with van der Waals surface area (Å²) in [4.78, 5) is 12.2. The first-order chi connectivity index (χ1) is 9.61. The van der Waals surface area contributed by atoms with Crippen molar-refractivity contribution in [1.29, 1.82) is 0 Å². The molecule has 2 aromatic rings. The Morgan fingerprint density at radius 1 is 1.15 bits per heavy atom. The van der Waals surface area contributed by atoms with Crippen molar-refractivity contribution in [3.8, 4) is 0 Å². The largest absolute Gasteiger partial charge is 0.396 e.